The number of carbonyl (C=O) groups is 8. The predicted octanol–water partition coefficient (Wildman–Crippen LogP) is -14.4. The van der Waals surface area contributed by atoms with Crippen LogP contribution in [0.5, 0.6) is 0 Å². The van der Waals surface area contributed by atoms with E-state index in [4.69, 9.17) is 90.0 Å². The Balaban J connectivity index is 0.869. The summed E-state index contributed by atoms with van der Waals surface area (Å²) in [4.78, 5) is 128. The van der Waals surface area contributed by atoms with Gasteiger partial charge in [0.05, 0.1) is 103 Å². The zero-order chi connectivity index (χ0) is 106. The average molecular weight is 2150 g/mol. The van der Waals surface area contributed by atoms with Crippen molar-refractivity contribution in [2.75, 3.05) is 129 Å². The second-order valence-corrected chi connectivity index (χ2v) is 38.2. The number of carbonyl (C=O) groups excluding carboxylic acids is 8. The van der Waals surface area contributed by atoms with Crippen molar-refractivity contribution in [3.8, 4) is 0 Å². The fourth-order valence-electron chi connectivity index (χ4n) is 16.1. The van der Waals surface area contributed by atoms with Crippen LogP contribution < -0.4 is 21.6 Å². The van der Waals surface area contributed by atoms with Crippen LogP contribution in [0.15, 0.2) is 17.1 Å². The van der Waals surface area contributed by atoms with E-state index in [1.165, 1.54) is 33.9 Å². The number of ether oxygens (including phenoxy) is 20. The molecule has 63 heteroatoms. The Kier molecular flexibility index (Phi) is 46.9. The van der Waals surface area contributed by atoms with Crippen LogP contribution >= 0.6 is 31.3 Å². The molecular weight excluding hydrogens is 2020 g/mol. The third kappa shape index (κ3) is 31.6. The summed E-state index contributed by atoms with van der Waals surface area (Å²) in [5, 5.41) is 239. The van der Waals surface area contributed by atoms with Gasteiger partial charge in [-0.05, 0) is 33.9 Å². The largest absolute Gasteiger partial charge is 0.475 e. The molecule has 0 aromatic carbocycles. The number of aliphatic hydroxyl groups is 20. The van der Waals surface area contributed by atoms with E-state index in [1.807, 2.05) is 0 Å². The van der Waals surface area contributed by atoms with Crippen LogP contribution in [0.4, 0.5) is 8.78 Å². The molecule has 0 aliphatic carbocycles. The number of nitrogens with one attached hydrogen (secondary N) is 3. The standard InChI is InChI=1S/C81H126F2N5O53PS2/c1-31-7-12-88(80(117)87-31)79-81(82,83)69(114)42(134-79)24-125-142(118,119)126-30-124-47(99)25-123-46(98)5-10-85-70(115)34(17-35(96)9-14-121-16-15-120-13-8-32(2)94)26-143-28-43-67-53(105)60(112)77(132-43)138-65-40(21-92)128-74(56(108)49(65)101)137-64-39(20-91)131-76(59(111)52(64)104)141-68-44(29-144-27-36(84-4)71(116)86-11-6-45(97)122-23-33(3)95)133-78(61(113)54(68)106)139-66-41(22-93)129-73(57(109)50(66)102)135-62-37(18-89)127-72(55(107)48(62)100)136-63-38(19-90)130-75(140-67)58(110)51(63)103/h7,12,34,36-44,48-69,72-79,84,89-93,100-114H,5-6,8-11,13-30H2,1-4H3,(H,85,115)(H,86,116)(H,118,119)/t34-,36-,37?,38?,39?,40?,41?,42-,43?,44?,48-,49-,50-,51-,52-,53-,54-,55?,56?,57?,58?,59?,60?,61?,62-,63-,64-,65-,66-,67-,68-,69-,72-,73-,74+,75-,76+,77-,78+,79-/m1/s1. The first kappa shape index (κ1) is 120. The number of phosphoric acid groups is 1. The van der Waals surface area contributed by atoms with Gasteiger partial charge in [-0.1, -0.05) is 0 Å². The van der Waals surface area contributed by atoms with E-state index in [9.17, 15) is 155 Å². The van der Waals surface area contributed by atoms with Crippen molar-refractivity contribution >= 4 is 78.4 Å². The number of thioether (sulfide) groups is 2. The normalized spacial score (nSPS) is 38.2. The van der Waals surface area contributed by atoms with Gasteiger partial charge in [-0.3, -0.25) is 42.7 Å². The first-order valence-corrected chi connectivity index (χ1v) is 49.2. The number of hydrogen-bond donors (Lipinski definition) is 24. The number of ketones is 3. The molecule has 0 radical (unpaired) electrons. The van der Waals surface area contributed by atoms with E-state index < -0.39 is 402 Å². The van der Waals surface area contributed by atoms with Crippen LogP contribution in [0.25, 0.3) is 0 Å². The van der Waals surface area contributed by atoms with E-state index in [0.29, 0.717) is 16.3 Å². The maximum absolute atomic E-state index is 15.1. The van der Waals surface area contributed by atoms with Gasteiger partial charge in [0.2, 0.25) is 24.8 Å². The van der Waals surface area contributed by atoms with Crippen LogP contribution in [0.3, 0.4) is 0 Å². The highest BCUT2D eigenvalue weighted by atomic mass is 32.2. The first-order chi connectivity index (χ1) is 68.3. The maximum Gasteiger partial charge on any atom is 0.475 e. The number of halogens is 2. The van der Waals surface area contributed by atoms with Crippen LogP contribution in [0, 0.1) is 12.8 Å². The van der Waals surface area contributed by atoms with Gasteiger partial charge in [0.15, 0.2) is 62.5 Å². The predicted molar refractivity (Wildman–Crippen MR) is 460 cm³/mol. The molecule has 58 nitrogen and oxygen atoms in total. The van der Waals surface area contributed by atoms with Crippen molar-refractivity contribution in [2.45, 2.75) is 298 Å². The molecule has 22 aliphatic heterocycles. The first-order valence-electron chi connectivity index (χ1n) is 45.4. The maximum atomic E-state index is 15.1. The molecule has 14 bridgehead atoms. The fraction of sp³-hybridized carbons (Fsp3) is 0.852. The lowest BCUT2D eigenvalue weighted by Crippen LogP contribution is -2.68. The number of likely N-dealkylation sites (N-methyl/N-ethyl adjacent to an activating group) is 1. The molecular formula is C81H126F2N5O53PS2. The molecule has 0 saturated carbocycles. The molecule has 1 aromatic rings. The number of phosphoric ester groups is 1. The third-order valence-corrected chi connectivity index (χ3v) is 27.3. The zero-order valence-electron chi connectivity index (χ0n) is 77.6. The van der Waals surface area contributed by atoms with Crippen LogP contribution in [-0.4, -0.2) is 532 Å². The molecule has 144 heavy (non-hydrogen) atoms. The molecule has 0 spiro atoms. The van der Waals surface area contributed by atoms with Gasteiger partial charge in [0.1, 0.15) is 183 Å². The second kappa shape index (κ2) is 56.1. The van der Waals surface area contributed by atoms with Gasteiger partial charge in [-0.25, -0.2) is 18.7 Å². The third-order valence-electron chi connectivity index (χ3n) is 24.1. The fourth-order valence-corrected chi connectivity index (χ4v) is 19.1. The Morgan fingerprint density at radius 3 is 1.18 bits per heavy atom. The minimum atomic E-state index is -5.33. The van der Waals surface area contributed by atoms with Gasteiger partial charge in [0, 0.05) is 67.3 Å². The molecule has 15 unspecified atom stereocenters. The smallest absolute Gasteiger partial charge is 0.458 e. The van der Waals surface area contributed by atoms with Gasteiger partial charge in [0.25, 0.3) is 0 Å². The van der Waals surface area contributed by atoms with Crippen LogP contribution in [0.2, 0.25) is 0 Å². The lowest BCUT2D eigenvalue weighted by Gasteiger charge is -2.50. The quantitative estimate of drug-likeness (QED) is 0.00948. The minimum Gasteiger partial charge on any atom is -0.458 e. The topological polar surface area (TPSA) is 853 Å². The van der Waals surface area contributed by atoms with Crippen molar-refractivity contribution in [3.05, 3.63) is 28.4 Å². The van der Waals surface area contributed by atoms with Gasteiger partial charge in [-0.2, -0.15) is 37.3 Å². The Morgan fingerprint density at radius 1 is 0.451 bits per heavy atom. The van der Waals surface area contributed by atoms with Crippen molar-refractivity contribution < 1.29 is 263 Å². The molecule has 824 valence electrons. The number of aryl methyl sites for hydroxylation is 1. The summed E-state index contributed by atoms with van der Waals surface area (Å²) >= 11 is 1.60. The summed E-state index contributed by atoms with van der Waals surface area (Å²) in [5.74, 6) is -13.6. The number of nitrogens with zero attached hydrogens (tertiary/aromatic N) is 2. The number of amides is 2. The second-order valence-electron chi connectivity index (χ2n) is 34.6. The number of Topliss-reactive ketones (excluding diaryl/α,β-unsaturated/α-hetero) is 3. The highest BCUT2D eigenvalue weighted by molar-refractivity contribution is 7.99. The number of esters is 3. The summed E-state index contributed by atoms with van der Waals surface area (Å²) in [6, 6.07) is 0.102. The van der Waals surface area contributed by atoms with Gasteiger partial charge < -0.3 is 218 Å². The average Bonchev–Trinajstić information content (AvgIpc) is 1.65. The summed E-state index contributed by atoms with van der Waals surface area (Å²) in [5.41, 5.74) is -1.02. The highest BCUT2D eigenvalue weighted by Crippen LogP contribution is 2.48. The molecule has 2 amide bonds. The molecule has 22 saturated heterocycles. The number of aromatic nitrogens is 2. The van der Waals surface area contributed by atoms with E-state index in [1.54, 1.807) is 0 Å². The minimum absolute atomic E-state index is 0.00649. The Bertz CT molecular complexity index is 4360. The van der Waals surface area contributed by atoms with E-state index >= 15 is 8.78 Å². The SMILES string of the molecule is CN[C@H](CSCC1O[C@H]2O[C@@H]3C(CO)O[C@H](O[C@@H]4C(CO)O[C@H](O[C@@H]5C(CO)O[C@H](O[C@@H]6C(CSC[C@@H](CC(=O)CCOCCOCCC(C)=O)C(=O)NCCC(=O)OCC(=O)OCOP(=O)(O)OC[C@H]7O[C@@H](n8ccc(C)nc8=O)C(F)(F)[C@@H]7O)O[C@H](O[C@@H]7C(CO)O[C@@H](O[C@@H]8C(CO)O[C@@H](O[C@H]1[C@H](O)C2O)C(O)[C@H]8O)C(O)[C@H]7O)C(O)[C@H]6O)C(O)[C@H]5O)C(O)[C@H]4O)C(O)[C@H]3O)C(=O)NCCC(=O)OCC(C)=O. The summed E-state index contributed by atoms with van der Waals surface area (Å²) in [7, 11) is -3.94. The molecule has 22 fully saturated rings. The van der Waals surface area contributed by atoms with Crippen molar-refractivity contribution in [2.24, 2.45) is 5.92 Å². The van der Waals surface area contributed by atoms with Crippen molar-refractivity contribution in [1.29, 1.82) is 0 Å². The van der Waals surface area contributed by atoms with Gasteiger partial charge >= 0.3 is 37.3 Å². The Morgan fingerprint density at radius 2 is 0.812 bits per heavy atom. The van der Waals surface area contributed by atoms with Crippen LogP contribution in [-0.2, 0) is 147 Å². The monoisotopic (exact) mass is 2150 g/mol. The Hall–Kier alpha value is -5.61. The molecule has 24 N–H and O–H groups in total. The van der Waals surface area contributed by atoms with Crippen LogP contribution in [0.1, 0.15) is 57.9 Å². The molecule has 1 aromatic heterocycles. The summed E-state index contributed by atoms with van der Waals surface area (Å²) < 4.78 is 166. The Labute approximate surface area is 825 Å². The van der Waals surface area contributed by atoms with Crippen molar-refractivity contribution in [3.63, 3.8) is 0 Å². The number of aliphatic hydroxyl groups excluding tert-OH is 20. The van der Waals surface area contributed by atoms with E-state index in [0.717, 1.165) is 18.0 Å². The number of rotatable bonds is 44. The van der Waals surface area contributed by atoms with E-state index in [2.05, 4.69) is 34.7 Å². The zero-order valence-corrected chi connectivity index (χ0v) is 80.1. The lowest BCUT2D eigenvalue weighted by atomic mass is 9.95. The van der Waals surface area contributed by atoms with E-state index in [-0.39, 0.29) is 69.5 Å². The number of hydrogen-bond acceptors (Lipinski definition) is 56. The molecule has 23 heterocycles. The van der Waals surface area contributed by atoms with Crippen molar-refractivity contribution in [1.82, 2.24) is 25.5 Å². The highest BCUT2D eigenvalue weighted by Gasteiger charge is 2.63. The summed E-state index contributed by atoms with van der Waals surface area (Å²) in [6.45, 7) is -7.44. The number of alkyl halides is 2. The summed E-state index contributed by atoms with van der Waals surface area (Å²) in [6.07, 6.45) is -84.4. The lowest BCUT2D eigenvalue weighted by molar-refractivity contribution is -0.395. The molecule has 22 aliphatic rings. The molecule has 23 rings (SSSR count). The van der Waals surface area contributed by atoms with Gasteiger partial charge in [-0.15, -0.1) is 0 Å². The molecule has 41 atom stereocenters.